The van der Waals surface area contributed by atoms with Crippen molar-refractivity contribution in [1.82, 2.24) is 9.97 Å². The van der Waals surface area contributed by atoms with Crippen molar-refractivity contribution in [2.45, 2.75) is 46.1 Å². The minimum atomic E-state index is -0.495. The molecule has 116 valence electrons. The fourth-order valence-corrected chi connectivity index (χ4v) is 3.01. The molecule has 0 N–H and O–H groups in total. The monoisotopic (exact) mass is 292 g/mol. The maximum absolute atomic E-state index is 11.5. The smallest absolute Gasteiger partial charge is 0.358 e. The van der Waals surface area contributed by atoms with Crippen molar-refractivity contribution in [3.8, 4) is 5.88 Å². The van der Waals surface area contributed by atoms with Gasteiger partial charge < -0.3 is 9.47 Å². The second kappa shape index (κ2) is 6.87. The Morgan fingerprint density at radius 1 is 1.33 bits per heavy atom. The number of ether oxygens (including phenoxy) is 2. The van der Waals surface area contributed by atoms with Gasteiger partial charge in [-0.3, -0.25) is 4.98 Å². The van der Waals surface area contributed by atoms with Crippen LogP contribution in [0.15, 0.2) is 12.4 Å². The fourth-order valence-electron chi connectivity index (χ4n) is 3.01. The van der Waals surface area contributed by atoms with Crippen molar-refractivity contribution < 1.29 is 14.3 Å². The molecule has 1 saturated carbocycles. The standard InChI is InChI=1S/C16H24N2O3/c1-10(2)12-6-5-11(3)7-14(12)21-15-9-17-8-13(18-15)16(19)20-4/h8-12,14H,5-7H2,1-4H3. The summed E-state index contributed by atoms with van der Waals surface area (Å²) in [6.45, 7) is 6.71. The van der Waals surface area contributed by atoms with Crippen molar-refractivity contribution in [2.75, 3.05) is 7.11 Å². The molecule has 3 unspecified atom stereocenters. The maximum atomic E-state index is 11.5. The van der Waals surface area contributed by atoms with E-state index in [1.807, 2.05) is 0 Å². The van der Waals surface area contributed by atoms with Gasteiger partial charge in [-0.1, -0.05) is 27.2 Å². The first-order chi connectivity index (χ1) is 10.0. The Morgan fingerprint density at radius 2 is 2.10 bits per heavy atom. The van der Waals surface area contributed by atoms with Gasteiger partial charge in [0.15, 0.2) is 5.69 Å². The molecule has 0 aliphatic heterocycles. The number of rotatable bonds is 4. The first kappa shape index (κ1) is 15.7. The first-order valence-corrected chi connectivity index (χ1v) is 7.58. The molecule has 1 aromatic rings. The molecule has 0 amide bonds. The first-order valence-electron chi connectivity index (χ1n) is 7.58. The third-order valence-corrected chi connectivity index (χ3v) is 4.24. The minimum absolute atomic E-state index is 0.135. The Bertz CT molecular complexity index is 490. The molecular weight excluding hydrogens is 268 g/mol. The molecule has 5 nitrogen and oxygen atoms in total. The van der Waals surface area contributed by atoms with E-state index in [0.717, 1.165) is 6.42 Å². The zero-order valence-corrected chi connectivity index (χ0v) is 13.2. The van der Waals surface area contributed by atoms with Crippen LogP contribution in [0.3, 0.4) is 0 Å². The number of aromatic nitrogens is 2. The molecule has 0 saturated heterocycles. The van der Waals surface area contributed by atoms with Gasteiger partial charge in [-0.25, -0.2) is 9.78 Å². The van der Waals surface area contributed by atoms with Gasteiger partial charge in [0.2, 0.25) is 5.88 Å². The summed E-state index contributed by atoms with van der Waals surface area (Å²) in [5.41, 5.74) is 0.181. The lowest BCUT2D eigenvalue weighted by Crippen LogP contribution is -2.36. The van der Waals surface area contributed by atoms with Gasteiger partial charge in [0.25, 0.3) is 0 Å². The van der Waals surface area contributed by atoms with Crippen LogP contribution in [0, 0.1) is 17.8 Å². The molecule has 1 aliphatic rings. The summed E-state index contributed by atoms with van der Waals surface area (Å²) in [5.74, 6) is 1.65. The zero-order valence-electron chi connectivity index (χ0n) is 13.2. The Morgan fingerprint density at radius 3 is 2.76 bits per heavy atom. The van der Waals surface area contributed by atoms with E-state index in [-0.39, 0.29) is 11.8 Å². The molecule has 2 rings (SSSR count). The average molecular weight is 292 g/mol. The van der Waals surface area contributed by atoms with Crippen molar-refractivity contribution in [3.63, 3.8) is 0 Å². The van der Waals surface area contributed by atoms with Gasteiger partial charge in [-0.2, -0.15) is 0 Å². The molecule has 1 aromatic heterocycles. The fraction of sp³-hybridized carbons (Fsp3) is 0.688. The molecular formula is C16H24N2O3. The van der Waals surface area contributed by atoms with Crippen LogP contribution in [-0.2, 0) is 4.74 Å². The molecule has 0 aromatic carbocycles. The Kier molecular flexibility index (Phi) is 5.15. The van der Waals surface area contributed by atoms with Crippen LogP contribution in [0.25, 0.3) is 0 Å². The normalized spacial score (nSPS) is 25.7. The summed E-state index contributed by atoms with van der Waals surface area (Å²) in [5, 5.41) is 0. The largest absolute Gasteiger partial charge is 0.473 e. The van der Waals surface area contributed by atoms with Gasteiger partial charge in [-0.15, -0.1) is 0 Å². The summed E-state index contributed by atoms with van der Waals surface area (Å²) < 4.78 is 10.7. The highest BCUT2D eigenvalue weighted by Gasteiger charge is 2.32. The van der Waals surface area contributed by atoms with E-state index in [1.54, 1.807) is 6.20 Å². The lowest BCUT2D eigenvalue weighted by atomic mass is 9.75. The highest BCUT2D eigenvalue weighted by Crippen LogP contribution is 2.35. The molecule has 3 atom stereocenters. The topological polar surface area (TPSA) is 61.3 Å². The predicted molar refractivity (Wildman–Crippen MR) is 79.1 cm³/mol. The predicted octanol–water partition coefficient (Wildman–Crippen LogP) is 3.10. The van der Waals surface area contributed by atoms with Crippen LogP contribution >= 0.6 is 0 Å². The van der Waals surface area contributed by atoms with E-state index in [0.29, 0.717) is 23.6 Å². The third kappa shape index (κ3) is 3.93. The van der Waals surface area contributed by atoms with Crippen LogP contribution in [-0.4, -0.2) is 29.2 Å². The van der Waals surface area contributed by atoms with E-state index in [9.17, 15) is 4.79 Å². The summed E-state index contributed by atoms with van der Waals surface area (Å²) >= 11 is 0. The molecule has 1 heterocycles. The molecule has 5 heteroatoms. The van der Waals surface area contributed by atoms with E-state index in [4.69, 9.17) is 4.74 Å². The number of hydrogen-bond donors (Lipinski definition) is 0. The van der Waals surface area contributed by atoms with Gasteiger partial charge in [-0.05, 0) is 30.6 Å². The number of esters is 1. The summed E-state index contributed by atoms with van der Waals surface area (Å²) in [7, 11) is 1.33. The summed E-state index contributed by atoms with van der Waals surface area (Å²) in [4.78, 5) is 19.7. The highest BCUT2D eigenvalue weighted by atomic mass is 16.5. The van der Waals surface area contributed by atoms with Gasteiger partial charge in [0.05, 0.1) is 19.5 Å². The average Bonchev–Trinajstić information content (AvgIpc) is 2.46. The van der Waals surface area contributed by atoms with Crippen molar-refractivity contribution in [1.29, 1.82) is 0 Å². The Labute approximate surface area is 126 Å². The number of nitrogens with zero attached hydrogens (tertiary/aromatic N) is 2. The second-order valence-corrected chi connectivity index (χ2v) is 6.22. The Hall–Kier alpha value is -1.65. The van der Waals surface area contributed by atoms with Crippen molar-refractivity contribution in [2.24, 2.45) is 17.8 Å². The molecule has 0 radical (unpaired) electrons. The van der Waals surface area contributed by atoms with Crippen LogP contribution in [0.4, 0.5) is 0 Å². The van der Waals surface area contributed by atoms with Gasteiger partial charge in [0.1, 0.15) is 6.10 Å². The summed E-state index contributed by atoms with van der Waals surface area (Å²) in [6.07, 6.45) is 6.53. The lowest BCUT2D eigenvalue weighted by molar-refractivity contribution is 0.0412. The number of hydrogen-bond acceptors (Lipinski definition) is 5. The van der Waals surface area contributed by atoms with E-state index in [2.05, 4.69) is 35.5 Å². The number of carbonyl (C=O) groups excluding carboxylic acids is 1. The molecule has 1 fully saturated rings. The molecule has 0 bridgehead atoms. The van der Waals surface area contributed by atoms with E-state index < -0.39 is 5.97 Å². The SMILES string of the molecule is COC(=O)c1cncc(OC2CC(C)CCC2C(C)C)n1. The van der Waals surface area contributed by atoms with Crippen LogP contribution in [0.5, 0.6) is 5.88 Å². The minimum Gasteiger partial charge on any atom is -0.473 e. The van der Waals surface area contributed by atoms with Gasteiger partial charge >= 0.3 is 5.97 Å². The molecule has 1 aliphatic carbocycles. The number of carbonyl (C=O) groups is 1. The summed E-state index contributed by atoms with van der Waals surface area (Å²) in [6, 6.07) is 0. The zero-order chi connectivity index (χ0) is 15.4. The van der Waals surface area contributed by atoms with E-state index in [1.165, 1.54) is 26.1 Å². The van der Waals surface area contributed by atoms with Crippen LogP contribution in [0.2, 0.25) is 0 Å². The lowest BCUT2D eigenvalue weighted by Gasteiger charge is -2.36. The maximum Gasteiger partial charge on any atom is 0.358 e. The second-order valence-electron chi connectivity index (χ2n) is 6.22. The van der Waals surface area contributed by atoms with Crippen LogP contribution < -0.4 is 4.74 Å². The van der Waals surface area contributed by atoms with Gasteiger partial charge in [0, 0.05) is 0 Å². The van der Waals surface area contributed by atoms with Crippen molar-refractivity contribution in [3.05, 3.63) is 18.1 Å². The highest BCUT2D eigenvalue weighted by molar-refractivity contribution is 5.86. The number of methoxy groups -OCH3 is 1. The van der Waals surface area contributed by atoms with E-state index >= 15 is 0 Å². The quantitative estimate of drug-likeness (QED) is 0.798. The Balaban J connectivity index is 2.13. The molecule has 21 heavy (non-hydrogen) atoms. The van der Waals surface area contributed by atoms with Crippen LogP contribution in [0.1, 0.15) is 50.5 Å². The van der Waals surface area contributed by atoms with Crippen molar-refractivity contribution >= 4 is 5.97 Å². The molecule has 0 spiro atoms. The third-order valence-electron chi connectivity index (χ3n) is 4.24.